The molecule has 0 fully saturated rings. The zero-order valence-electron chi connectivity index (χ0n) is 27.9. The van der Waals surface area contributed by atoms with Crippen molar-refractivity contribution in [3.63, 3.8) is 0 Å². The Morgan fingerprint density at radius 1 is 0.519 bits per heavy atom. The lowest BCUT2D eigenvalue weighted by molar-refractivity contribution is 0.269. The van der Waals surface area contributed by atoms with Gasteiger partial charge in [0.15, 0.2) is 17.5 Å². The molecule has 244 valence electrons. The molecule has 52 heavy (non-hydrogen) atoms. The summed E-state index contributed by atoms with van der Waals surface area (Å²) in [7, 11) is 0. The molecular formula is C47H29N3O2. The van der Waals surface area contributed by atoms with E-state index in [2.05, 4.69) is 115 Å². The van der Waals surface area contributed by atoms with Crippen molar-refractivity contribution in [2.24, 2.45) is 0 Å². The second-order valence-corrected chi connectivity index (χ2v) is 13.5. The van der Waals surface area contributed by atoms with Gasteiger partial charge in [0.2, 0.25) is 0 Å². The van der Waals surface area contributed by atoms with Crippen molar-refractivity contribution in [3.8, 4) is 39.9 Å². The highest BCUT2D eigenvalue weighted by Gasteiger charge is 2.33. The summed E-state index contributed by atoms with van der Waals surface area (Å²) >= 11 is 0. The van der Waals surface area contributed by atoms with Gasteiger partial charge in [-0.25, -0.2) is 15.0 Å². The van der Waals surface area contributed by atoms with Gasteiger partial charge in [-0.2, -0.15) is 0 Å². The quantitative estimate of drug-likeness (QED) is 0.175. The predicted molar refractivity (Wildman–Crippen MR) is 209 cm³/mol. The van der Waals surface area contributed by atoms with E-state index in [1.165, 1.54) is 16.3 Å². The minimum absolute atomic E-state index is 0.0566. The second-order valence-electron chi connectivity index (χ2n) is 13.5. The molecule has 11 rings (SSSR count). The Bertz CT molecular complexity index is 2960. The smallest absolute Gasteiger partial charge is 0.164 e. The van der Waals surface area contributed by atoms with Crippen LogP contribution in [0.25, 0.3) is 83.2 Å². The molecule has 0 N–H and O–H groups in total. The Balaban J connectivity index is 1.11. The Hall–Kier alpha value is -6.85. The van der Waals surface area contributed by atoms with Crippen LogP contribution in [0.5, 0.6) is 5.75 Å². The van der Waals surface area contributed by atoms with Crippen LogP contribution < -0.4 is 4.74 Å². The van der Waals surface area contributed by atoms with Crippen molar-refractivity contribution in [1.29, 1.82) is 0 Å². The van der Waals surface area contributed by atoms with Gasteiger partial charge in [-0.05, 0) is 51.4 Å². The fraction of sp³-hybridized carbons (Fsp3) is 0.0426. The third-order valence-corrected chi connectivity index (χ3v) is 10.5. The van der Waals surface area contributed by atoms with E-state index >= 15 is 0 Å². The average molecular weight is 668 g/mol. The first-order chi connectivity index (χ1) is 25.8. The van der Waals surface area contributed by atoms with Gasteiger partial charge in [0.05, 0.1) is 0 Å². The predicted octanol–water partition coefficient (Wildman–Crippen LogP) is 11.6. The zero-order valence-corrected chi connectivity index (χ0v) is 27.9. The van der Waals surface area contributed by atoms with E-state index in [0.29, 0.717) is 17.5 Å². The number of hydrogen-bond acceptors (Lipinski definition) is 5. The molecule has 2 atom stereocenters. The average Bonchev–Trinajstić information content (AvgIpc) is 3.79. The zero-order chi connectivity index (χ0) is 34.2. The molecule has 2 unspecified atom stereocenters. The number of allylic oxidation sites excluding steroid dienone is 2. The molecule has 0 amide bonds. The number of aromatic nitrogens is 3. The molecule has 1 aliphatic heterocycles. The number of benzene rings is 7. The van der Waals surface area contributed by atoms with Crippen LogP contribution in [-0.4, -0.2) is 21.1 Å². The molecule has 3 heterocycles. The summed E-state index contributed by atoms with van der Waals surface area (Å²) in [5, 5.41) is 6.58. The highest BCUT2D eigenvalue weighted by molar-refractivity contribution is 6.15. The van der Waals surface area contributed by atoms with Crippen LogP contribution in [0.1, 0.15) is 17.0 Å². The van der Waals surface area contributed by atoms with Gasteiger partial charge in [-0.1, -0.05) is 140 Å². The van der Waals surface area contributed by atoms with Crippen molar-refractivity contribution in [1.82, 2.24) is 15.0 Å². The molecule has 0 saturated carbocycles. The number of para-hydroxylation sites is 2. The van der Waals surface area contributed by atoms with Crippen molar-refractivity contribution in [2.45, 2.75) is 12.0 Å². The first kappa shape index (κ1) is 28.9. The van der Waals surface area contributed by atoms with E-state index < -0.39 is 0 Å². The molecule has 0 radical (unpaired) electrons. The van der Waals surface area contributed by atoms with Gasteiger partial charge in [0.25, 0.3) is 0 Å². The SMILES string of the molecule is C1=CC2c3ccccc3OC2C=C1c1cccc2c1oc1cccc(-c3nc(-c4ccccc4)nc(-c4cc5ccccc5c5ccccc45)n3)c12. The topological polar surface area (TPSA) is 61.0 Å². The third kappa shape index (κ3) is 4.46. The van der Waals surface area contributed by atoms with Gasteiger partial charge in [0, 0.05) is 44.5 Å². The fourth-order valence-corrected chi connectivity index (χ4v) is 8.06. The second kappa shape index (κ2) is 11.3. The molecule has 9 aromatic rings. The summed E-state index contributed by atoms with van der Waals surface area (Å²) in [4.78, 5) is 15.5. The molecule has 2 aromatic heterocycles. The summed E-state index contributed by atoms with van der Waals surface area (Å²) in [5.41, 5.74) is 7.73. The highest BCUT2D eigenvalue weighted by atomic mass is 16.5. The minimum Gasteiger partial charge on any atom is -0.485 e. The molecular weight excluding hydrogens is 639 g/mol. The maximum atomic E-state index is 6.72. The van der Waals surface area contributed by atoms with Crippen molar-refractivity contribution in [2.75, 3.05) is 0 Å². The lowest BCUT2D eigenvalue weighted by Gasteiger charge is -2.18. The first-order valence-corrected chi connectivity index (χ1v) is 17.6. The monoisotopic (exact) mass is 667 g/mol. The number of hydrogen-bond donors (Lipinski definition) is 0. The lowest BCUT2D eigenvalue weighted by atomic mass is 9.87. The van der Waals surface area contributed by atoms with Crippen LogP contribution in [0.2, 0.25) is 0 Å². The van der Waals surface area contributed by atoms with Crippen molar-refractivity contribution in [3.05, 3.63) is 175 Å². The summed E-state index contributed by atoms with van der Waals surface area (Å²) < 4.78 is 13.1. The van der Waals surface area contributed by atoms with Gasteiger partial charge in [-0.15, -0.1) is 0 Å². The van der Waals surface area contributed by atoms with Crippen LogP contribution in [0, 0.1) is 0 Å². The van der Waals surface area contributed by atoms with Gasteiger partial charge in [-0.3, -0.25) is 0 Å². The number of fused-ring (bicyclic) bond motifs is 9. The minimum atomic E-state index is -0.0566. The standard InChI is InChI=1S/C47H29N3O2/c1-2-12-28(13-3-1)45-48-46(50-47(49-45)39-26-29-14-4-5-15-31(29)33-16-6-7-17-34(33)39)38-21-11-23-41-43(38)37-20-10-19-32(44(37)52-41)30-24-25-36-35-18-8-9-22-40(35)51-42(36)27-30/h1-27,36,42H. The highest BCUT2D eigenvalue weighted by Crippen LogP contribution is 2.45. The van der Waals surface area contributed by atoms with Gasteiger partial charge in [0.1, 0.15) is 23.0 Å². The van der Waals surface area contributed by atoms with Crippen LogP contribution in [0.3, 0.4) is 0 Å². The Kier molecular flexibility index (Phi) is 6.31. The number of ether oxygens (including phenoxy) is 1. The molecule has 5 heteroatoms. The molecule has 1 aliphatic carbocycles. The van der Waals surface area contributed by atoms with E-state index in [1.54, 1.807) is 0 Å². The van der Waals surface area contributed by atoms with Crippen molar-refractivity contribution < 1.29 is 9.15 Å². The molecule has 7 aromatic carbocycles. The number of furan rings is 1. The lowest BCUT2D eigenvalue weighted by Crippen LogP contribution is -2.17. The van der Waals surface area contributed by atoms with Crippen molar-refractivity contribution >= 4 is 49.1 Å². The maximum Gasteiger partial charge on any atom is 0.164 e. The molecule has 5 nitrogen and oxygen atoms in total. The normalized spacial score (nSPS) is 16.3. The van der Waals surface area contributed by atoms with E-state index in [9.17, 15) is 0 Å². The van der Waals surface area contributed by atoms with E-state index in [0.717, 1.165) is 66.3 Å². The summed E-state index contributed by atoms with van der Waals surface area (Å²) in [6.07, 6.45) is 6.63. The molecule has 0 bridgehead atoms. The molecule has 0 saturated heterocycles. The van der Waals surface area contributed by atoms with E-state index in [-0.39, 0.29) is 12.0 Å². The van der Waals surface area contributed by atoms with Gasteiger partial charge < -0.3 is 9.15 Å². The largest absolute Gasteiger partial charge is 0.485 e. The van der Waals surface area contributed by atoms with E-state index in [4.69, 9.17) is 24.1 Å². The fourth-order valence-electron chi connectivity index (χ4n) is 8.06. The summed E-state index contributed by atoms with van der Waals surface area (Å²) in [6.45, 7) is 0. The summed E-state index contributed by atoms with van der Waals surface area (Å²) in [6, 6.07) is 50.1. The molecule has 0 spiro atoms. The summed E-state index contributed by atoms with van der Waals surface area (Å²) in [5.74, 6) is 3.00. The maximum absolute atomic E-state index is 6.72. The van der Waals surface area contributed by atoms with Crippen LogP contribution >= 0.6 is 0 Å². The van der Waals surface area contributed by atoms with Crippen LogP contribution in [-0.2, 0) is 0 Å². The Morgan fingerprint density at radius 2 is 1.21 bits per heavy atom. The number of nitrogens with zero attached hydrogens (tertiary/aromatic N) is 3. The Labute approximate surface area is 299 Å². The van der Waals surface area contributed by atoms with Crippen LogP contribution in [0.4, 0.5) is 0 Å². The van der Waals surface area contributed by atoms with Crippen LogP contribution in [0.15, 0.2) is 168 Å². The van der Waals surface area contributed by atoms with Gasteiger partial charge >= 0.3 is 0 Å². The molecule has 2 aliphatic rings. The Morgan fingerprint density at radius 3 is 2.12 bits per heavy atom. The van der Waals surface area contributed by atoms with E-state index in [1.807, 2.05) is 48.5 Å². The number of rotatable bonds is 4. The third-order valence-electron chi connectivity index (χ3n) is 10.5. The first-order valence-electron chi connectivity index (χ1n) is 17.6.